The fourth-order valence-electron chi connectivity index (χ4n) is 2.66. The van der Waals surface area contributed by atoms with Crippen molar-refractivity contribution < 1.29 is 22.7 Å². The number of methoxy groups -OCH3 is 1. The van der Waals surface area contributed by atoms with E-state index in [2.05, 4.69) is 15.5 Å². The summed E-state index contributed by atoms with van der Waals surface area (Å²) in [4.78, 5) is 14.3. The molecule has 25 heavy (non-hydrogen) atoms. The second-order valence-corrected chi connectivity index (χ2v) is 6.99. The van der Waals surface area contributed by atoms with Gasteiger partial charge in [-0.1, -0.05) is 0 Å². The van der Waals surface area contributed by atoms with Crippen LogP contribution in [0, 0.1) is 5.92 Å². The number of hydrogen-bond acceptors (Lipinski definition) is 4. The Morgan fingerprint density at radius 3 is 2.72 bits per heavy atom. The Morgan fingerprint density at radius 1 is 1.36 bits per heavy atom. The predicted octanol–water partition coefficient (Wildman–Crippen LogP) is 3.39. The van der Waals surface area contributed by atoms with Crippen LogP contribution in [0.3, 0.4) is 0 Å². The number of ether oxygens (including phenoxy) is 1. The van der Waals surface area contributed by atoms with Gasteiger partial charge in [-0.3, -0.25) is 0 Å². The summed E-state index contributed by atoms with van der Waals surface area (Å²) in [6, 6.07) is 5.22. The third kappa shape index (κ3) is 7.54. The van der Waals surface area contributed by atoms with Crippen LogP contribution in [-0.4, -0.2) is 56.3 Å². The summed E-state index contributed by atoms with van der Waals surface area (Å²) in [5, 5.41) is 5.44. The number of thioether (sulfide) groups is 1. The van der Waals surface area contributed by atoms with Crippen LogP contribution in [-0.2, 0) is 4.74 Å². The van der Waals surface area contributed by atoms with E-state index >= 15 is 0 Å². The number of nitrogens with one attached hydrogen (secondary N) is 2. The minimum absolute atomic E-state index is 0.0839. The zero-order chi connectivity index (χ0) is 18.3. The second kappa shape index (κ2) is 9.30. The van der Waals surface area contributed by atoms with Gasteiger partial charge in [0.2, 0.25) is 0 Å². The molecule has 2 rings (SSSR count). The smallest absolute Gasteiger partial charge is 0.383 e. The van der Waals surface area contributed by atoms with Crippen molar-refractivity contribution in [3.05, 3.63) is 24.3 Å². The van der Waals surface area contributed by atoms with Gasteiger partial charge in [0, 0.05) is 37.3 Å². The number of halogens is 3. The molecule has 1 atom stereocenters. The van der Waals surface area contributed by atoms with Crippen LogP contribution in [0.1, 0.15) is 6.42 Å². The van der Waals surface area contributed by atoms with Crippen molar-refractivity contribution in [3.8, 4) is 0 Å². The monoisotopic (exact) mass is 377 g/mol. The van der Waals surface area contributed by atoms with Gasteiger partial charge in [0.05, 0.1) is 6.61 Å². The Bertz CT molecular complexity index is 555. The number of amides is 2. The number of alkyl halides is 3. The maximum absolute atomic E-state index is 12.3. The SMILES string of the molecule is COCCN1CC[C@@H](CNC(=O)Nc2ccc(SC(F)(F)F)cc2)C1. The number of carbonyl (C=O) groups excluding carboxylic acids is 1. The number of anilines is 1. The lowest BCUT2D eigenvalue weighted by molar-refractivity contribution is -0.0328. The maximum atomic E-state index is 12.3. The van der Waals surface area contributed by atoms with Crippen molar-refractivity contribution in [1.29, 1.82) is 0 Å². The molecule has 0 saturated carbocycles. The molecule has 1 saturated heterocycles. The summed E-state index contributed by atoms with van der Waals surface area (Å²) in [6.45, 7) is 4.07. The molecule has 0 aromatic heterocycles. The van der Waals surface area contributed by atoms with Gasteiger partial charge in [-0.05, 0) is 54.9 Å². The first-order chi connectivity index (χ1) is 11.9. The highest BCUT2D eigenvalue weighted by atomic mass is 32.2. The largest absolute Gasteiger partial charge is 0.446 e. The van der Waals surface area contributed by atoms with Crippen LogP contribution < -0.4 is 10.6 Å². The van der Waals surface area contributed by atoms with Gasteiger partial charge < -0.3 is 20.3 Å². The molecule has 0 bridgehead atoms. The Labute approximate surface area is 149 Å². The Kier molecular flexibility index (Phi) is 7.39. The molecular formula is C16H22F3N3O2S. The number of hydrogen-bond donors (Lipinski definition) is 2. The van der Waals surface area contributed by atoms with Crippen LogP contribution in [0.25, 0.3) is 0 Å². The van der Waals surface area contributed by atoms with Gasteiger partial charge in [0.1, 0.15) is 0 Å². The van der Waals surface area contributed by atoms with E-state index in [1.807, 2.05) is 0 Å². The molecule has 9 heteroatoms. The number of rotatable bonds is 7. The van der Waals surface area contributed by atoms with Crippen LogP contribution in [0.2, 0.25) is 0 Å². The van der Waals surface area contributed by atoms with Gasteiger partial charge in [0.15, 0.2) is 0 Å². The molecule has 140 valence electrons. The van der Waals surface area contributed by atoms with Gasteiger partial charge in [0.25, 0.3) is 0 Å². The Morgan fingerprint density at radius 2 is 2.08 bits per heavy atom. The molecule has 1 fully saturated rings. The molecule has 1 aliphatic rings. The molecular weight excluding hydrogens is 355 g/mol. The molecule has 1 aromatic rings. The summed E-state index contributed by atoms with van der Waals surface area (Å²) >= 11 is -0.181. The third-order valence-corrected chi connectivity index (χ3v) is 4.62. The minimum atomic E-state index is -4.31. The first-order valence-electron chi connectivity index (χ1n) is 7.97. The van der Waals surface area contributed by atoms with Gasteiger partial charge >= 0.3 is 11.5 Å². The second-order valence-electron chi connectivity index (χ2n) is 5.86. The van der Waals surface area contributed by atoms with Crippen molar-refractivity contribution >= 4 is 23.5 Å². The fourth-order valence-corrected chi connectivity index (χ4v) is 3.19. The van der Waals surface area contributed by atoms with Crippen LogP contribution >= 0.6 is 11.8 Å². The predicted molar refractivity (Wildman–Crippen MR) is 91.8 cm³/mol. The zero-order valence-corrected chi connectivity index (χ0v) is 14.8. The number of nitrogens with zero attached hydrogens (tertiary/aromatic N) is 1. The quantitative estimate of drug-likeness (QED) is 0.716. The van der Waals surface area contributed by atoms with Crippen LogP contribution in [0.5, 0.6) is 0 Å². The van der Waals surface area contributed by atoms with E-state index in [9.17, 15) is 18.0 Å². The van der Waals surface area contributed by atoms with Crippen molar-refractivity contribution in [2.45, 2.75) is 16.8 Å². The molecule has 1 aliphatic heterocycles. The molecule has 5 nitrogen and oxygen atoms in total. The summed E-state index contributed by atoms with van der Waals surface area (Å²) < 4.78 is 41.9. The highest BCUT2D eigenvalue weighted by Gasteiger charge is 2.29. The van der Waals surface area contributed by atoms with E-state index in [0.29, 0.717) is 24.8 Å². The minimum Gasteiger partial charge on any atom is -0.383 e. The fraction of sp³-hybridized carbons (Fsp3) is 0.562. The van der Waals surface area contributed by atoms with Gasteiger partial charge in [-0.15, -0.1) is 0 Å². The van der Waals surface area contributed by atoms with E-state index < -0.39 is 5.51 Å². The van der Waals surface area contributed by atoms with E-state index in [-0.39, 0.29) is 22.7 Å². The Balaban J connectivity index is 1.70. The van der Waals surface area contributed by atoms with Crippen molar-refractivity contribution in [2.24, 2.45) is 5.92 Å². The molecule has 2 amide bonds. The topological polar surface area (TPSA) is 53.6 Å². The number of likely N-dealkylation sites (tertiary alicyclic amines) is 1. The molecule has 0 spiro atoms. The highest BCUT2D eigenvalue weighted by molar-refractivity contribution is 8.00. The van der Waals surface area contributed by atoms with Crippen molar-refractivity contribution in [2.75, 3.05) is 45.2 Å². The average molecular weight is 377 g/mol. The first-order valence-corrected chi connectivity index (χ1v) is 8.79. The van der Waals surface area contributed by atoms with Crippen LogP contribution in [0.15, 0.2) is 29.2 Å². The Hall–Kier alpha value is -1.45. The first kappa shape index (κ1) is 19.9. The molecule has 0 aliphatic carbocycles. The van der Waals surface area contributed by atoms with Gasteiger partial charge in [-0.2, -0.15) is 13.2 Å². The third-order valence-electron chi connectivity index (χ3n) is 3.88. The molecule has 1 aromatic carbocycles. The number of benzene rings is 1. The number of urea groups is 1. The van der Waals surface area contributed by atoms with E-state index in [1.54, 1.807) is 7.11 Å². The lowest BCUT2D eigenvalue weighted by atomic mass is 10.1. The van der Waals surface area contributed by atoms with Crippen molar-refractivity contribution in [3.63, 3.8) is 0 Å². The molecule has 0 unspecified atom stereocenters. The van der Waals surface area contributed by atoms with E-state index in [4.69, 9.17) is 4.74 Å². The van der Waals surface area contributed by atoms with Gasteiger partial charge in [-0.25, -0.2) is 4.79 Å². The maximum Gasteiger partial charge on any atom is 0.446 e. The molecule has 1 heterocycles. The lowest BCUT2D eigenvalue weighted by Crippen LogP contribution is -2.34. The summed E-state index contributed by atoms with van der Waals surface area (Å²) in [7, 11) is 1.67. The molecule has 0 radical (unpaired) electrons. The summed E-state index contributed by atoms with van der Waals surface area (Å²) in [5.74, 6) is 0.396. The normalized spacial score (nSPS) is 18.3. The standard InChI is InChI=1S/C16H22F3N3O2S/c1-24-9-8-22-7-6-12(11-22)10-20-15(23)21-13-2-4-14(5-3-13)25-16(17,18)19/h2-5,12H,6-11H2,1H3,(H2,20,21,23)/t12-/m0/s1. The average Bonchev–Trinajstić information content (AvgIpc) is 2.99. The van der Waals surface area contributed by atoms with Crippen molar-refractivity contribution in [1.82, 2.24) is 10.2 Å². The summed E-state index contributed by atoms with van der Waals surface area (Å²) in [5.41, 5.74) is -3.86. The lowest BCUT2D eigenvalue weighted by Gasteiger charge is -2.15. The number of carbonyl (C=O) groups is 1. The highest BCUT2D eigenvalue weighted by Crippen LogP contribution is 2.37. The van der Waals surface area contributed by atoms with Crippen LogP contribution in [0.4, 0.5) is 23.7 Å². The summed E-state index contributed by atoms with van der Waals surface area (Å²) in [6.07, 6.45) is 1.02. The molecule has 2 N–H and O–H groups in total. The van der Waals surface area contributed by atoms with E-state index in [1.165, 1.54) is 24.3 Å². The zero-order valence-electron chi connectivity index (χ0n) is 13.9. The van der Waals surface area contributed by atoms with E-state index in [0.717, 1.165) is 26.1 Å².